The van der Waals surface area contributed by atoms with Gasteiger partial charge in [0.1, 0.15) is 6.54 Å². The molecule has 1 amide bonds. The molecule has 4 aromatic rings. The van der Waals surface area contributed by atoms with Crippen LogP contribution in [0.15, 0.2) is 71.2 Å². The van der Waals surface area contributed by atoms with Gasteiger partial charge in [-0.05, 0) is 53.9 Å². The molecule has 2 aliphatic rings. The fourth-order valence-corrected chi connectivity index (χ4v) is 5.64. The Morgan fingerprint density at radius 3 is 2.50 bits per heavy atom. The molecule has 0 radical (unpaired) electrons. The molecule has 0 atom stereocenters. The van der Waals surface area contributed by atoms with E-state index in [-0.39, 0.29) is 12.7 Å². The molecule has 7 heteroatoms. The molecule has 0 spiro atoms. The standard InChI is InChI=1S/C31H30BrN3O3/c1-20(2)22-4-6-23(7-5-22)28-17-26(25-16-24(32)8-9-27(25)33-28)31(36)35-13-11-34(12-14-35)18-21-3-10-29-30(15-21)38-19-37-29/h3-10,15-17,20H,11-14,18-19H2,1-2H3/p+1. The van der Waals surface area contributed by atoms with Gasteiger partial charge in [-0.3, -0.25) is 4.79 Å². The van der Waals surface area contributed by atoms with E-state index in [0.717, 1.165) is 70.9 Å². The summed E-state index contributed by atoms with van der Waals surface area (Å²) < 4.78 is 11.9. The van der Waals surface area contributed by atoms with Crippen molar-refractivity contribution in [3.8, 4) is 22.8 Å². The van der Waals surface area contributed by atoms with Crippen LogP contribution in [0.2, 0.25) is 0 Å². The molecular weight excluding hydrogens is 542 g/mol. The predicted molar refractivity (Wildman–Crippen MR) is 152 cm³/mol. The van der Waals surface area contributed by atoms with E-state index < -0.39 is 0 Å². The molecule has 1 N–H and O–H groups in total. The average Bonchev–Trinajstić information content (AvgIpc) is 3.41. The van der Waals surface area contributed by atoms with E-state index in [1.165, 1.54) is 16.0 Å². The minimum atomic E-state index is 0.0673. The van der Waals surface area contributed by atoms with Crippen LogP contribution in [0.4, 0.5) is 0 Å². The minimum absolute atomic E-state index is 0.0673. The van der Waals surface area contributed by atoms with E-state index in [2.05, 4.69) is 66.2 Å². The first-order chi connectivity index (χ1) is 18.4. The molecule has 1 aromatic heterocycles. The Bertz CT molecular complexity index is 1490. The molecule has 3 heterocycles. The maximum absolute atomic E-state index is 13.9. The lowest BCUT2D eigenvalue weighted by Gasteiger charge is -2.32. The number of fused-ring (bicyclic) bond motifs is 2. The lowest BCUT2D eigenvalue weighted by molar-refractivity contribution is -0.917. The largest absolute Gasteiger partial charge is 0.454 e. The molecule has 1 fully saturated rings. The number of halogens is 1. The maximum Gasteiger partial charge on any atom is 0.255 e. The molecule has 6 nitrogen and oxygen atoms in total. The van der Waals surface area contributed by atoms with E-state index in [9.17, 15) is 4.79 Å². The van der Waals surface area contributed by atoms with Crippen molar-refractivity contribution < 1.29 is 19.2 Å². The zero-order valence-electron chi connectivity index (χ0n) is 21.7. The molecule has 0 saturated carbocycles. The quantitative estimate of drug-likeness (QED) is 0.363. The number of hydrogen-bond acceptors (Lipinski definition) is 4. The van der Waals surface area contributed by atoms with Gasteiger partial charge in [-0.1, -0.05) is 54.0 Å². The fraction of sp³-hybridized carbons (Fsp3) is 0.290. The van der Waals surface area contributed by atoms with Crippen LogP contribution in [0.25, 0.3) is 22.2 Å². The van der Waals surface area contributed by atoms with Crippen LogP contribution in [-0.2, 0) is 6.54 Å². The Balaban J connectivity index is 1.22. The molecular formula is C31H31BrN3O3+. The summed E-state index contributed by atoms with van der Waals surface area (Å²) in [5.41, 5.74) is 5.89. The zero-order valence-corrected chi connectivity index (χ0v) is 23.3. The lowest BCUT2D eigenvalue weighted by Crippen LogP contribution is -3.13. The Kier molecular flexibility index (Phi) is 6.80. The Morgan fingerprint density at radius 2 is 1.74 bits per heavy atom. The summed E-state index contributed by atoms with van der Waals surface area (Å²) in [6, 6.07) is 22.6. The molecule has 2 aliphatic heterocycles. The SMILES string of the molecule is CC(C)c1ccc(-c2cc(C(=O)N3CC[NH+](Cc4ccc5c(c4)OCO5)CC3)c3cc(Br)ccc3n2)cc1. The number of nitrogens with zero attached hydrogens (tertiary/aromatic N) is 2. The monoisotopic (exact) mass is 572 g/mol. The lowest BCUT2D eigenvalue weighted by atomic mass is 9.99. The number of pyridine rings is 1. The van der Waals surface area contributed by atoms with Gasteiger partial charge in [-0.25, -0.2) is 4.98 Å². The molecule has 194 valence electrons. The summed E-state index contributed by atoms with van der Waals surface area (Å²) in [5, 5.41) is 0.877. The maximum atomic E-state index is 13.9. The van der Waals surface area contributed by atoms with Crippen LogP contribution in [0.3, 0.4) is 0 Å². The van der Waals surface area contributed by atoms with Gasteiger partial charge in [-0.15, -0.1) is 0 Å². The zero-order chi connectivity index (χ0) is 26.2. The molecule has 1 saturated heterocycles. The van der Waals surface area contributed by atoms with Crippen LogP contribution in [0.5, 0.6) is 11.5 Å². The number of hydrogen-bond donors (Lipinski definition) is 1. The summed E-state index contributed by atoms with van der Waals surface area (Å²) >= 11 is 3.58. The van der Waals surface area contributed by atoms with Gasteiger partial charge in [-0.2, -0.15) is 0 Å². The number of nitrogens with one attached hydrogen (secondary N) is 1. The first-order valence-electron chi connectivity index (χ1n) is 13.2. The van der Waals surface area contributed by atoms with Gasteiger partial charge in [0.25, 0.3) is 5.91 Å². The average molecular weight is 574 g/mol. The number of quaternary nitrogens is 1. The molecule has 6 rings (SSSR count). The van der Waals surface area contributed by atoms with Crippen molar-refractivity contribution in [1.29, 1.82) is 0 Å². The number of carbonyl (C=O) groups excluding carboxylic acids is 1. The topological polar surface area (TPSA) is 56.1 Å². The van der Waals surface area contributed by atoms with Crippen LogP contribution in [-0.4, -0.2) is 48.8 Å². The number of aromatic nitrogens is 1. The second kappa shape index (κ2) is 10.4. The predicted octanol–water partition coefficient (Wildman–Crippen LogP) is 5.06. The van der Waals surface area contributed by atoms with Crippen molar-refractivity contribution in [2.24, 2.45) is 0 Å². The highest BCUT2D eigenvalue weighted by atomic mass is 79.9. The molecule has 0 unspecified atom stereocenters. The van der Waals surface area contributed by atoms with Gasteiger partial charge in [0.05, 0.1) is 43.0 Å². The number of amides is 1. The molecule has 0 bridgehead atoms. The van der Waals surface area contributed by atoms with Gasteiger partial charge >= 0.3 is 0 Å². The van der Waals surface area contributed by atoms with E-state index in [0.29, 0.717) is 11.5 Å². The third-order valence-electron chi connectivity index (χ3n) is 7.52. The highest BCUT2D eigenvalue weighted by Gasteiger charge is 2.27. The van der Waals surface area contributed by atoms with Gasteiger partial charge in [0, 0.05) is 21.0 Å². The normalized spacial score (nSPS) is 15.4. The van der Waals surface area contributed by atoms with Crippen molar-refractivity contribution in [3.63, 3.8) is 0 Å². The summed E-state index contributed by atoms with van der Waals surface area (Å²) in [7, 11) is 0. The minimum Gasteiger partial charge on any atom is -0.454 e. The van der Waals surface area contributed by atoms with Crippen LogP contribution in [0.1, 0.15) is 41.3 Å². The summed E-state index contributed by atoms with van der Waals surface area (Å²) in [6.07, 6.45) is 0. The second-order valence-electron chi connectivity index (χ2n) is 10.4. The smallest absolute Gasteiger partial charge is 0.255 e. The van der Waals surface area contributed by atoms with Crippen molar-refractivity contribution in [1.82, 2.24) is 9.88 Å². The molecule has 3 aromatic carbocycles. The van der Waals surface area contributed by atoms with Gasteiger partial charge in [0.15, 0.2) is 11.5 Å². The third-order valence-corrected chi connectivity index (χ3v) is 8.02. The van der Waals surface area contributed by atoms with Crippen LogP contribution in [0, 0.1) is 0 Å². The number of piperazine rings is 1. The van der Waals surface area contributed by atoms with E-state index >= 15 is 0 Å². The third kappa shape index (κ3) is 5.00. The first-order valence-corrected chi connectivity index (χ1v) is 14.0. The van der Waals surface area contributed by atoms with Gasteiger partial charge in [0.2, 0.25) is 6.79 Å². The number of benzene rings is 3. The summed E-state index contributed by atoms with van der Waals surface area (Å²) in [6.45, 7) is 8.80. The van der Waals surface area contributed by atoms with Crippen molar-refractivity contribution in [2.75, 3.05) is 33.0 Å². The van der Waals surface area contributed by atoms with Crippen molar-refractivity contribution in [2.45, 2.75) is 26.3 Å². The number of ether oxygens (including phenoxy) is 2. The van der Waals surface area contributed by atoms with E-state index in [4.69, 9.17) is 14.5 Å². The van der Waals surface area contributed by atoms with Crippen LogP contribution >= 0.6 is 15.9 Å². The second-order valence-corrected chi connectivity index (χ2v) is 11.3. The van der Waals surface area contributed by atoms with Crippen molar-refractivity contribution >= 4 is 32.7 Å². The van der Waals surface area contributed by atoms with E-state index in [1.807, 2.05) is 35.2 Å². The van der Waals surface area contributed by atoms with Crippen molar-refractivity contribution in [3.05, 3.63) is 87.9 Å². The van der Waals surface area contributed by atoms with Gasteiger partial charge < -0.3 is 19.3 Å². The highest BCUT2D eigenvalue weighted by Crippen LogP contribution is 2.32. The number of carbonyl (C=O) groups is 1. The Morgan fingerprint density at radius 1 is 0.974 bits per heavy atom. The first kappa shape index (κ1) is 24.9. The summed E-state index contributed by atoms with van der Waals surface area (Å²) in [5.74, 6) is 2.17. The Labute approximate surface area is 231 Å². The number of rotatable bonds is 5. The highest BCUT2D eigenvalue weighted by molar-refractivity contribution is 9.10. The fourth-order valence-electron chi connectivity index (χ4n) is 5.27. The molecule has 0 aliphatic carbocycles. The summed E-state index contributed by atoms with van der Waals surface area (Å²) in [4.78, 5) is 22.3. The van der Waals surface area contributed by atoms with E-state index in [1.54, 1.807) is 0 Å². The van der Waals surface area contributed by atoms with Crippen LogP contribution < -0.4 is 14.4 Å². The Hall–Kier alpha value is -3.42. The molecule has 38 heavy (non-hydrogen) atoms.